The van der Waals surface area contributed by atoms with E-state index in [9.17, 15) is 0 Å². The molecule has 0 atom stereocenters. The molecular formula is C16H13BrNS-. The van der Waals surface area contributed by atoms with Crippen LogP contribution in [0.2, 0.25) is 0 Å². The lowest BCUT2D eigenvalue weighted by Crippen LogP contribution is -3.00. The van der Waals surface area contributed by atoms with Crippen molar-refractivity contribution in [3.05, 3.63) is 65.0 Å². The largest absolute Gasteiger partial charge is 1.00 e. The van der Waals surface area contributed by atoms with Gasteiger partial charge in [-0.25, -0.2) is 4.98 Å². The molecule has 96 valence electrons. The van der Waals surface area contributed by atoms with Crippen LogP contribution in [0.4, 0.5) is 0 Å². The van der Waals surface area contributed by atoms with Gasteiger partial charge in [0.1, 0.15) is 0 Å². The van der Waals surface area contributed by atoms with Gasteiger partial charge in [-0.3, -0.25) is 0 Å². The third-order valence-electron chi connectivity index (χ3n) is 2.91. The number of aryl methyl sites for hydroxylation is 1. The molecule has 0 aliphatic heterocycles. The zero-order valence-corrected chi connectivity index (χ0v) is 12.9. The van der Waals surface area contributed by atoms with Crippen LogP contribution >= 0.6 is 11.3 Å². The fourth-order valence-electron chi connectivity index (χ4n) is 1.96. The van der Waals surface area contributed by atoms with Crippen LogP contribution in [-0.2, 0) is 0 Å². The summed E-state index contributed by atoms with van der Waals surface area (Å²) in [6.45, 7) is 2.03. The molecule has 0 spiro atoms. The Labute approximate surface area is 127 Å². The highest BCUT2D eigenvalue weighted by Gasteiger charge is 2.02. The SMILES string of the molecule is Cc1nc(-c2ccc(-c3ccccc3)cc2)cs1.[Br-]. The topological polar surface area (TPSA) is 12.9 Å². The van der Waals surface area contributed by atoms with Crippen molar-refractivity contribution >= 4 is 11.3 Å². The molecule has 0 radical (unpaired) electrons. The highest BCUT2D eigenvalue weighted by Crippen LogP contribution is 2.25. The summed E-state index contributed by atoms with van der Waals surface area (Å²) in [4.78, 5) is 4.50. The Morgan fingerprint density at radius 3 is 1.95 bits per heavy atom. The summed E-state index contributed by atoms with van der Waals surface area (Å²) in [6, 6.07) is 19.0. The minimum atomic E-state index is 0. The van der Waals surface area contributed by atoms with Crippen molar-refractivity contribution in [3.63, 3.8) is 0 Å². The van der Waals surface area contributed by atoms with E-state index in [1.165, 1.54) is 16.7 Å². The summed E-state index contributed by atoms with van der Waals surface area (Å²) >= 11 is 1.69. The molecule has 1 heterocycles. The van der Waals surface area contributed by atoms with Crippen LogP contribution in [0.15, 0.2) is 60.0 Å². The Morgan fingerprint density at radius 1 is 0.789 bits per heavy atom. The van der Waals surface area contributed by atoms with Crippen molar-refractivity contribution < 1.29 is 17.0 Å². The molecule has 19 heavy (non-hydrogen) atoms. The molecule has 2 aromatic carbocycles. The van der Waals surface area contributed by atoms with E-state index in [1.807, 2.05) is 13.0 Å². The van der Waals surface area contributed by atoms with Crippen LogP contribution < -0.4 is 17.0 Å². The van der Waals surface area contributed by atoms with Gasteiger partial charge in [0.05, 0.1) is 10.7 Å². The average molecular weight is 331 g/mol. The standard InChI is InChI=1S/C16H13NS.BrH/c1-12-17-16(11-18-12)15-9-7-14(8-10-15)13-5-3-2-4-6-13;/h2-11H,1H3;1H/p-1. The van der Waals surface area contributed by atoms with E-state index in [0.29, 0.717) is 0 Å². The zero-order chi connectivity index (χ0) is 12.4. The average Bonchev–Trinajstić information content (AvgIpc) is 2.87. The fraction of sp³-hybridized carbons (Fsp3) is 0.0625. The first-order valence-corrected chi connectivity index (χ1v) is 6.79. The number of benzene rings is 2. The summed E-state index contributed by atoms with van der Waals surface area (Å²) in [6.07, 6.45) is 0. The van der Waals surface area contributed by atoms with Gasteiger partial charge in [0.2, 0.25) is 0 Å². The summed E-state index contributed by atoms with van der Waals surface area (Å²) in [7, 11) is 0. The second-order valence-corrected chi connectivity index (χ2v) is 5.26. The van der Waals surface area contributed by atoms with Crippen LogP contribution in [0.3, 0.4) is 0 Å². The molecule has 0 N–H and O–H groups in total. The third kappa shape index (κ3) is 3.11. The summed E-state index contributed by atoms with van der Waals surface area (Å²) in [5.41, 5.74) is 4.74. The molecule has 0 aliphatic rings. The van der Waals surface area contributed by atoms with Gasteiger partial charge in [-0.1, -0.05) is 54.6 Å². The Morgan fingerprint density at radius 2 is 1.37 bits per heavy atom. The molecular weight excluding hydrogens is 318 g/mol. The summed E-state index contributed by atoms with van der Waals surface area (Å²) in [5, 5.41) is 3.21. The molecule has 0 unspecified atom stereocenters. The maximum Gasteiger partial charge on any atom is 0.0901 e. The van der Waals surface area contributed by atoms with E-state index >= 15 is 0 Å². The molecule has 1 aromatic heterocycles. The Hall–Kier alpha value is -1.45. The predicted octanol–water partition coefficient (Wildman–Crippen LogP) is 1.79. The van der Waals surface area contributed by atoms with E-state index in [-0.39, 0.29) is 17.0 Å². The number of rotatable bonds is 2. The van der Waals surface area contributed by atoms with Crippen LogP contribution in [0.25, 0.3) is 22.4 Å². The number of thiazole rings is 1. The van der Waals surface area contributed by atoms with Crippen molar-refractivity contribution in [1.29, 1.82) is 0 Å². The van der Waals surface area contributed by atoms with Crippen LogP contribution in [0, 0.1) is 6.92 Å². The molecule has 3 aromatic rings. The van der Waals surface area contributed by atoms with Gasteiger partial charge in [0.15, 0.2) is 0 Å². The molecule has 0 saturated heterocycles. The quantitative estimate of drug-likeness (QED) is 0.698. The van der Waals surface area contributed by atoms with E-state index in [1.54, 1.807) is 11.3 Å². The molecule has 0 aliphatic carbocycles. The predicted molar refractivity (Wildman–Crippen MR) is 77.7 cm³/mol. The van der Waals surface area contributed by atoms with E-state index in [2.05, 4.69) is 58.9 Å². The monoisotopic (exact) mass is 330 g/mol. The van der Waals surface area contributed by atoms with Gasteiger partial charge < -0.3 is 17.0 Å². The van der Waals surface area contributed by atoms with Gasteiger partial charge in [-0.15, -0.1) is 11.3 Å². The lowest BCUT2D eigenvalue weighted by Gasteiger charge is -2.02. The lowest BCUT2D eigenvalue weighted by molar-refractivity contribution is -0.00000357. The smallest absolute Gasteiger partial charge is 0.0901 e. The fourth-order valence-corrected chi connectivity index (χ4v) is 2.58. The van der Waals surface area contributed by atoms with Crippen molar-refractivity contribution in [3.8, 4) is 22.4 Å². The third-order valence-corrected chi connectivity index (χ3v) is 3.68. The van der Waals surface area contributed by atoms with Gasteiger partial charge in [0, 0.05) is 10.9 Å². The van der Waals surface area contributed by atoms with E-state index in [0.717, 1.165) is 10.7 Å². The van der Waals surface area contributed by atoms with Crippen molar-refractivity contribution in [1.82, 2.24) is 4.98 Å². The minimum Gasteiger partial charge on any atom is -1.00 e. The number of hydrogen-bond acceptors (Lipinski definition) is 2. The highest BCUT2D eigenvalue weighted by molar-refractivity contribution is 7.09. The molecule has 0 saturated carbocycles. The molecule has 0 fully saturated rings. The minimum absolute atomic E-state index is 0. The number of hydrogen-bond donors (Lipinski definition) is 0. The van der Waals surface area contributed by atoms with Crippen LogP contribution in [0.5, 0.6) is 0 Å². The van der Waals surface area contributed by atoms with Crippen molar-refractivity contribution in [2.75, 3.05) is 0 Å². The molecule has 3 rings (SSSR count). The Kier molecular flexibility index (Phi) is 4.51. The van der Waals surface area contributed by atoms with Crippen molar-refractivity contribution in [2.24, 2.45) is 0 Å². The molecule has 0 bridgehead atoms. The van der Waals surface area contributed by atoms with E-state index < -0.39 is 0 Å². The van der Waals surface area contributed by atoms with Gasteiger partial charge in [-0.2, -0.15) is 0 Å². The van der Waals surface area contributed by atoms with Crippen LogP contribution in [-0.4, -0.2) is 4.98 Å². The second kappa shape index (κ2) is 6.13. The lowest BCUT2D eigenvalue weighted by atomic mass is 10.0. The first kappa shape index (κ1) is 14.0. The number of halogens is 1. The maximum absolute atomic E-state index is 4.50. The Bertz CT molecular complexity index is 644. The summed E-state index contributed by atoms with van der Waals surface area (Å²) in [5.74, 6) is 0. The van der Waals surface area contributed by atoms with E-state index in [4.69, 9.17) is 0 Å². The molecule has 1 nitrogen and oxygen atoms in total. The van der Waals surface area contributed by atoms with Gasteiger partial charge in [0.25, 0.3) is 0 Å². The Balaban J connectivity index is 0.00000133. The summed E-state index contributed by atoms with van der Waals surface area (Å²) < 4.78 is 0. The first-order valence-electron chi connectivity index (χ1n) is 5.91. The zero-order valence-electron chi connectivity index (χ0n) is 10.5. The van der Waals surface area contributed by atoms with Gasteiger partial charge >= 0.3 is 0 Å². The van der Waals surface area contributed by atoms with Gasteiger partial charge in [-0.05, 0) is 18.1 Å². The number of nitrogens with zero attached hydrogens (tertiary/aromatic N) is 1. The molecule has 3 heteroatoms. The highest BCUT2D eigenvalue weighted by atomic mass is 79.9. The second-order valence-electron chi connectivity index (χ2n) is 4.20. The first-order chi connectivity index (χ1) is 8.83. The van der Waals surface area contributed by atoms with Crippen LogP contribution in [0.1, 0.15) is 5.01 Å². The maximum atomic E-state index is 4.50. The van der Waals surface area contributed by atoms with Crippen molar-refractivity contribution in [2.45, 2.75) is 6.92 Å². The molecule has 0 amide bonds. The number of aromatic nitrogens is 1. The normalized spacial score (nSPS) is 9.95.